The smallest absolute Gasteiger partial charge is 0.260 e. The average Bonchev–Trinajstić information content (AvgIpc) is 3.20. The molecule has 0 radical (unpaired) electrons. The molecule has 3 fully saturated rings. The summed E-state index contributed by atoms with van der Waals surface area (Å²) in [6, 6.07) is 9.76. The number of piperidine rings is 1. The first-order valence-corrected chi connectivity index (χ1v) is 9.55. The van der Waals surface area contributed by atoms with Crippen LogP contribution in [0.3, 0.4) is 0 Å². The summed E-state index contributed by atoms with van der Waals surface area (Å²) in [4.78, 5) is 16.8. The van der Waals surface area contributed by atoms with Crippen LogP contribution < -0.4 is 4.74 Å². The van der Waals surface area contributed by atoms with E-state index >= 15 is 0 Å². The fourth-order valence-electron chi connectivity index (χ4n) is 4.65. The van der Waals surface area contributed by atoms with Gasteiger partial charge in [-0.05, 0) is 44.6 Å². The van der Waals surface area contributed by atoms with Crippen molar-refractivity contribution in [3.63, 3.8) is 0 Å². The summed E-state index contributed by atoms with van der Waals surface area (Å²) in [6.07, 6.45) is 9.01. The summed E-state index contributed by atoms with van der Waals surface area (Å²) in [5, 5.41) is 0. The normalized spacial score (nSPS) is 26.8. The number of likely N-dealkylation sites (tertiary alicyclic amines) is 1. The molecule has 3 heterocycles. The SMILES string of the molecule is O=C(COc1ccccc1CN1C2CCCC1CC2)N1CCCC1. The lowest BCUT2D eigenvalue weighted by atomic mass is 10.0. The zero-order chi connectivity index (χ0) is 16.4. The number of hydrogen-bond donors (Lipinski definition) is 0. The van der Waals surface area contributed by atoms with E-state index in [0.717, 1.165) is 50.3 Å². The Hall–Kier alpha value is -1.55. The van der Waals surface area contributed by atoms with Crippen molar-refractivity contribution in [2.75, 3.05) is 19.7 Å². The first-order chi connectivity index (χ1) is 11.8. The summed E-state index contributed by atoms with van der Waals surface area (Å²) in [5.74, 6) is 1.01. The molecule has 4 heteroatoms. The Morgan fingerprint density at radius 2 is 1.71 bits per heavy atom. The highest BCUT2D eigenvalue weighted by atomic mass is 16.5. The van der Waals surface area contributed by atoms with Gasteiger partial charge in [0.1, 0.15) is 5.75 Å². The number of hydrogen-bond acceptors (Lipinski definition) is 3. The molecule has 4 nitrogen and oxygen atoms in total. The number of fused-ring (bicyclic) bond motifs is 2. The minimum absolute atomic E-state index is 0.125. The number of amides is 1. The first kappa shape index (κ1) is 15.9. The molecule has 2 atom stereocenters. The van der Waals surface area contributed by atoms with Crippen LogP contribution in [0.25, 0.3) is 0 Å². The second-order valence-electron chi connectivity index (χ2n) is 7.47. The van der Waals surface area contributed by atoms with Crippen molar-refractivity contribution < 1.29 is 9.53 Å². The molecule has 1 aromatic carbocycles. The molecular formula is C20H28N2O2. The highest BCUT2D eigenvalue weighted by Gasteiger charge is 2.36. The van der Waals surface area contributed by atoms with Crippen molar-refractivity contribution in [1.82, 2.24) is 9.80 Å². The quantitative estimate of drug-likeness (QED) is 0.832. The van der Waals surface area contributed by atoms with Crippen LogP contribution in [0.5, 0.6) is 5.75 Å². The van der Waals surface area contributed by atoms with Gasteiger partial charge in [0.25, 0.3) is 5.91 Å². The number of benzene rings is 1. The van der Waals surface area contributed by atoms with Gasteiger partial charge in [-0.25, -0.2) is 0 Å². The molecule has 3 saturated heterocycles. The molecule has 0 spiro atoms. The summed E-state index contributed by atoms with van der Waals surface area (Å²) in [5.41, 5.74) is 1.23. The van der Waals surface area contributed by atoms with Crippen LogP contribution in [0.4, 0.5) is 0 Å². The molecule has 2 bridgehead atoms. The van der Waals surface area contributed by atoms with E-state index in [1.54, 1.807) is 0 Å². The third-order valence-electron chi connectivity index (χ3n) is 5.98. The van der Waals surface area contributed by atoms with Gasteiger partial charge in [0.15, 0.2) is 6.61 Å². The maximum Gasteiger partial charge on any atom is 0.260 e. The standard InChI is InChI=1S/C20H28N2O2/c23-20(21-12-3-4-13-21)15-24-19-9-2-1-6-16(19)14-22-17-7-5-8-18(22)11-10-17/h1-2,6,9,17-18H,3-5,7-8,10-15H2. The zero-order valence-electron chi connectivity index (χ0n) is 14.5. The summed E-state index contributed by atoms with van der Waals surface area (Å²) in [6.45, 7) is 2.91. The van der Waals surface area contributed by atoms with Crippen LogP contribution in [0, 0.1) is 0 Å². The molecule has 3 aliphatic rings. The molecule has 1 amide bonds. The van der Waals surface area contributed by atoms with Crippen molar-refractivity contribution in [3.05, 3.63) is 29.8 Å². The monoisotopic (exact) mass is 328 g/mol. The van der Waals surface area contributed by atoms with E-state index in [1.807, 2.05) is 17.0 Å². The molecule has 24 heavy (non-hydrogen) atoms. The van der Waals surface area contributed by atoms with Crippen molar-refractivity contribution in [2.45, 2.75) is 63.6 Å². The second kappa shape index (κ2) is 7.14. The van der Waals surface area contributed by atoms with Crippen molar-refractivity contribution in [1.29, 1.82) is 0 Å². The molecule has 0 aromatic heterocycles. The Labute approximate surface area is 144 Å². The molecular weight excluding hydrogens is 300 g/mol. The number of carbonyl (C=O) groups is 1. The lowest BCUT2D eigenvalue weighted by Crippen LogP contribution is -2.39. The van der Waals surface area contributed by atoms with Crippen LogP contribution in [0.1, 0.15) is 50.5 Å². The molecule has 0 saturated carbocycles. The Kier molecular flexibility index (Phi) is 4.74. The largest absolute Gasteiger partial charge is 0.483 e. The van der Waals surface area contributed by atoms with Crippen molar-refractivity contribution >= 4 is 5.91 Å². The first-order valence-electron chi connectivity index (χ1n) is 9.55. The molecule has 3 aliphatic heterocycles. The van der Waals surface area contributed by atoms with E-state index in [2.05, 4.69) is 17.0 Å². The lowest BCUT2D eigenvalue weighted by Gasteiger charge is -2.35. The van der Waals surface area contributed by atoms with Gasteiger partial charge in [-0.2, -0.15) is 0 Å². The van der Waals surface area contributed by atoms with Gasteiger partial charge in [0, 0.05) is 37.3 Å². The van der Waals surface area contributed by atoms with Gasteiger partial charge in [-0.15, -0.1) is 0 Å². The van der Waals surface area contributed by atoms with Crippen molar-refractivity contribution in [3.8, 4) is 5.75 Å². The van der Waals surface area contributed by atoms with E-state index in [9.17, 15) is 4.79 Å². The molecule has 1 aromatic rings. The number of nitrogens with zero attached hydrogens (tertiary/aromatic N) is 2. The minimum atomic E-state index is 0.125. The van der Waals surface area contributed by atoms with E-state index in [4.69, 9.17) is 4.74 Å². The zero-order valence-corrected chi connectivity index (χ0v) is 14.5. The van der Waals surface area contributed by atoms with Crippen LogP contribution >= 0.6 is 0 Å². The second-order valence-corrected chi connectivity index (χ2v) is 7.47. The molecule has 2 unspecified atom stereocenters. The number of carbonyl (C=O) groups excluding carboxylic acids is 1. The Balaban J connectivity index is 1.40. The van der Waals surface area contributed by atoms with Gasteiger partial charge in [0.2, 0.25) is 0 Å². The maximum atomic E-state index is 12.2. The summed E-state index contributed by atoms with van der Waals surface area (Å²) in [7, 11) is 0. The topological polar surface area (TPSA) is 32.8 Å². The predicted octanol–water partition coefficient (Wildman–Crippen LogP) is 3.20. The third kappa shape index (κ3) is 3.30. The summed E-state index contributed by atoms with van der Waals surface area (Å²) < 4.78 is 5.93. The molecule has 0 aliphatic carbocycles. The minimum Gasteiger partial charge on any atom is -0.483 e. The molecule has 130 valence electrons. The van der Waals surface area contributed by atoms with Crippen LogP contribution in [-0.2, 0) is 11.3 Å². The third-order valence-corrected chi connectivity index (χ3v) is 5.98. The van der Waals surface area contributed by atoms with E-state index < -0.39 is 0 Å². The Bertz CT molecular complexity index is 567. The Morgan fingerprint density at radius 3 is 2.46 bits per heavy atom. The number of para-hydroxylation sites is 1. The number of rotatable bonds is 5. The highest BCUT2D eigenvalue weighted by molar-refractivity contribution is 5.78. The number of ether oxygens (including phenoxy) is 1. The van der Waals surface area contributed by atoms with Gasteiger partial charge >= 0.3 is 0 Å². The van der Waals surface area contributed by atoms with Gasteiger partial charge in [0.05, 0.1) is 0 Å². The van der Waals surface area contributed by atoms with Crippen LogP contribution in [0.15, 0.2) is 24.3 Å². The average molecular weight is 328 g/mol. The van der Waals surface area contributed by atoms with Gasteiger partial charge in [-0.3, -0.25) is 9.69 Å². The van der Waals surface area contributed by atoms with E-state index in [0.29, 0.717) is 0 Å². The molecule has 0 N–H and O–H groups in total. The van der Waals surface area contributed by atoms with Crippen LogP contribution in [0.2, 0.25) is 0 Å². The van der Waals surface area contributed by atoms with E-state index in [1.165, 1.54) is 37.7 Å². The Morgan fingerprint density at radius 1 is 1.00 bits per heavy atom. The van der Waals surface area contributed by atoms with E-state index in [-0.39, 0.29) is 12.5 Å². The summed E-state index contributed by atoms with van der Waals surface area (Å²) >= 11 is 0. The molecule has 4 rings (SSSR count). The fraction of sp³-hybridized carbons (Fsp3) is 0.650. The van der Waals surface area contributed by atoms with Gasteiger partial charge in [-0.1, -0.05) is 24.6 Å². The van der Waals surface area contributed by atoms with Gasteiger partial charge < -0.3 is 9.64 Å². The predicted molar refractivity (Wildman–Crippen MR) is 94.0 cm³/mol. The fourth-order valence-corrected chi connectivity index (χ4v) is 4.65. The van der Waals surface area contributed by atoms with Crippen molar-refractivity contribution in [2.24, 2.45) is 0 Å². The highest BCUT2D eigenvalue weighted by Crippen LogP contribution is 2.37. The maximum absolute atomic E-state index is 12.2. The lowest BCUT2D eigenvalue weighted by molar-refractivity contribution is -0.132. The van der Waals surface area contributed by atoms with Crippen LogP contribution in [-0.4, -0.2) is 47.5 Å².